The van der Waals surface area contributed by atoms with Crippen LogP contribution in [0.2, 0.25) is 0 Å². The van der Waals surface area contributed by atoms with Gasteiger partial charge < -0.3 is 20.1 Å². The van der Waals surface area contributed by atoms with Crippen molar-refractivity contribution in [3.63, 3.8) is 0 Å². The zero-order valence-electron chi connectivity index (χ0n) is 17.5. The molecular formula is C23H22N6O3. The second-order valence-corrected chi connectivity index (χ2v) is 7.87. The van der Waals surface area contributed by atoms with Crippen LogP contribution in [0.25, 0.3) is 16.6 Å². The second kappa shape index (κ2) is 7.84. The lowest BCUT2D eigenvalue weighted by atomic mass is 10.2. The molecule has 0 spiro atoms. The molecule has 0 aliphatic carbocycles. The maximum absolute atomic E-state index is 13.2. The number of aryl methyl sites for hydroxylation is 1. The molecule has 0 saturated carbocycles. The average Bonchev–Trinajstić information content (AvgIpc) is 3.23. The lowest BCUT2D eigenvalue weighted by molar-refractivity contribution is 0.0673. The van der Waals surface area contributed by atoms with E-state index in [1.54, 1.807) is 32.5 Å². The zero-order chi connectivity index (χ0) is 22.2. The van der Waals surface area contributed by atoms with Crippen LogP contribution in [0.4, 0.5) is 10.5 Å². The minimum absolute atomic E-state index is 0.186. The number of aromatic amines is 1. The number of carbonyl (C=O) groups is 2. The molecule has 0 atom stereocenters. The number of rotatable bonds is 2. The fraction of sp³-hybridized carbons (Fsp3) is 0.217. The van der Waals surface area contributed by atoms with Gasteiger partial charge in [0.2, 0.25) is 0 Å². The largest absolute Gasteiger partial charge is 0.335 e. The third-order valence-electron chi connectivity index (χ3n) is 5.73. The van der Waals surface area contributed by atoms with Gasteiger partial charge >= 0.3 is 6.03 Å². The first-order valence-electron chi connectivity index (χ1n) is 10.4. The molecule has 1 fully saturated rings. The van der Waals surface area contributed by atoms with E-state index >= 15 is 0 Å². The predicted octanol–water partition coefficient (Wildman–Crippen LogP) is 2.47. The SMILES string of the molecule is Cc1cccc(NC(=O)N2CCN(C(=O)c3cnn4c3[nH]c(=O)c3ccccc34)CC2)c1. The first-order chi connectivity index (χ1) is 15.5. The smallest absolute Gasteiger partial charge is 0.321 e. The van der Waals surface area contributed by atoms with Gasteiger partial charge in [0.05, 0.1) is 17.1 Å². The van der Waals surface area contributed by atoms with Crippen molar-refractivity contribution in [1.29, 1.82) is 0 Å². The summed E-state index contributed by atoms with van der Waals surface area (Å²) in [5, 5.41) is 7.74. The van der Waals surface area contributed by atoms with Crippen LogP contribution < -0.4 is 10.9 Å². The first kappa shape index (κ1) is 19.8. The first-order valence-corrected chi connectivity index (χ1v) is 10.4. The highest BCUT2D eigenvalue weighted by Crippen LogP contribution is 2.17. The van der Waals surface area contributed by atoms with Crippen LogP contribution in [0.3, 0.4) is 0 Å². The monoisotopic (exact) mass is 430 g/mol. The van der Waals surface area contributed by atoms with Gasteiger partial charge in [0, 0.05) is 31.9 Å². The van der Waals surface area contributed by atoms with Crippen LogP contribution >= 0.6 is 0 Å². The van der Waals surface area contributed by atoms with E-state index in [1.807, 2.05) is 37.3 Å². The summed E-state index contributed by atoms with van der Waals surface area (Å²) in [5.41, 5.74) is 2.90. The van der Waals surface area contributed by atoms with Gasteiger partial charge in [0.25, 0.3) is 11.5 Å². The molecule has 32 heavy (non-hydrogen) atoms. The number of amides is 3. The molecule has 0 unspecified atom stereocenters. The number of hydrogen-bond donors (Lipinski definition) is 2. The Bertz CT molecular complexity index is 1400. The Morgan fingerprint density at radius 2 is 1.75 bits per heavy atom. The number of H-pyrrole nitrogens is 1. The van der Waals surface area contributed by atoms with Crippen molar-refractivity contribution in [1.82, 2.24) is 24.4 Å². The van der Waals surface area contributed by atoms with Gasteiger partial charge in [0.1, 0.15) is 11.2 Å². The molecule has 2 N–H and O–H groups in total. The Kier molecular flexibility index (Phi) is 4.85. The fourth-order valence-electron chi connectivity index (χ4n) is 4.04. The number of nitrogens with zero attached hydrogens (tertiary/aromatic N) is 4. The number of urea groups is 1. The molecule has 3 amide bonds. The molecule has 4 aromatic rings. The average molecular weight is 430 g/mol. The number of nitrogens with one attached hydrogen (secondary N) is 2. The summed E-state index contributed by atoms with van der Waals surface area (Å²) in [7, 11) is 0. The number of piperazine rings is 1. The topological polar surface area (TPSA) is 103 Å². The van der Waals surface area contributed by atoms with E-state index < -0.39 is 0 Å². The van der Waals surface area contributed by atoms with Crippen LogP contribution in [-0.2, 0) is 0 Å². The molecule has 0 bridgehead atoms. The Morgan fingerprint density at radius 3 is 2.53 bits per heavy atom. The van der Waals surface area contributed by atoms with Gasteiger partial charge in [-0.2, -0.15) is 5.10 Å². The van der Waals surface area contributed by atoms with Crippen molar-refractivity contribution >= 4 is 34.2 Å². The van der Waals surface area contributed by atoms with Crippen molar-refractivity contribution < 1.29 is 9.59 Å². The number of fused-ring (bicyclic) bond motifs is 3. The molecule has 1 aliphatic rings. The predicted molar refractivity (Wildman–Crippen MR) is 121 cm³/mol. The summed E-state index contributed by atoms with van der Waals surface area (Å²) < 4.78 is 1.58. The highest BCUT2D eigenvalue weighted by atomic mass is 16.2. The number of aromatic nitrogens is 3. The molecule has 3 heterocycles. The number of carbonyl (C=O) groups excluding carboxylic acids is 2. The Hall–Kier alpha value is -4.14. The maximum atomic E-state index is 13.2. The Morgan fingerprint density at radius 1 is 1.00 bits per heavy atom. The van der Waals surface area contributed by atoms with E-state index in [4.69, 9.17) is 0 Å². The summed E-state index contributed by atoms with van der Waals surface area (Å²) in [5.74, 6) is -0.218. The van der Waals surface area contributed by atoms with Crippen LogP contribution in [0.5, 0.6) is 0 Å². The summed E-state index contributed by atoms with van der Waals surface area (Å²) in [6.07, 6.45) is 1.48. The van der Waals surface area contributed by atoms with Gasteiger partial charge in [-0.05, 0) is 36.8 Å². The Labute approximate surface area is 183 Å². The maximum Gasteiger partial charge on any atom is 0.321 e. The molecule has 2 aromatic heterocycles. The highest BCUT2D eigenvalue weighted by molar-refractivity contribution is 6.00. The van der Waals surface area contributed by atoms with Gasteiger partial charge in [-0.25, -0.2) is 9.31 Å². The van der Waals surface area contributed by atoms with Gasteiger partial charge in [-0.3, -0.25) is 9.59 Å². The van der Waals surface area contributed by atoms with E-state index in [-0.39, 0.29) is 17.5 Å². The number of para-hydroxylation sites is 1. The minimum Gasteiger partial charge on any atom is -0.335 e. The summed E-state index contributed by atoms with van der Waals surface area (Å²) in [6, 6.07) is 14.6. The summed E-state index contributed by atoms with van der Waals surface area (Å²) in [6.45, 7) is 3.60. The summed E-state index contributed by atoms with van der Waals surface area (Å²) in [4.78, 5) is 44.4. The van der Waals surface area contributed by atoms with Crippen molar-refractivity contribution in [2.24, 2.45) is 0 Å². The van der Waals surface area contributed by atoms with Crippen molar-refractivity contribution in [2.45, 2.75) is 6.92 Å². The molecule has 1 saturated heterocycles. The van der Waals surface area contributed by atoms with E-state index in [0.29, 0.717) is 48.3 Å². The second-order valence-electron chi connectivity index (χ2n) is 7.87. The lowest BCUT2D eigenvalue weighted by Crippen LogP contribution is -2.51. The molecule has 9 heteroatoms. The molecule has 1 aliphatic heterocycles. The van der Waals surface area contributed by atoms with E-state index in [9.17, 15) is 14.4 Å². The lowest BCUT2D eigenvalue weighted by Gasteiger charge is -2.34. The number of hydrogen-bond acceptors (Lipinski definition) is 4. The van der Waals surface area contributed by atoms with Crippen LogP contribution in [0, 0.1) is 6.92 Å². The van der Waals surface area contributed by atoms with E-state index in [1.165, 1.54) is 6.20 Å². The van der Waals surface area contributed by atoms with Crippen molar-refractivity contribution in [2.75, 3.05) is 31.5 Å². The highest BCUT2D eigenvalue weighted by Gasteiger charge is 2.27. The van der Waals surface area contributed by atoms with Gasteiger partial charge in [-0.15, -0.1) is 0 Å². The van der Waals surface area contributed by atoms with Crippen molar-refractivity contribution in [3.05, 3.63) is 76.2 Å². The molecule has 162 valence electrons. The van der Waals surface area contributed by atoms with Gasteiger partial charge in [-0.1, -0.05) is 24.3 Å². The van der Waals surface area contributed by atoms with Crippen LogP contribution in [-0.4, -0.2) is 62.5 Å². The van der Waals surface area contributed by atoms with Crippen molar-refractivity contribution in [3.8, 4) is 0 Å². The van der Waals surface area contributed by atoms with E-state index in [2.05, 4.69) is 15.4 Å². The normalized spacial score (nSPS) is 14.2. The number of anilines is 1. The van der Waals surface area contributed by atoms with Gasteiger partial charge in [0.15, 0.2) is 0 Å². The third kappa shape index (κ3) is 3.47. The third-order valence-corrected chi connectivity index (χ3v) is 5.73. The van der Waals surface area contributed by atoms with Crippen LogP contribution in [0.15, 0.2) is 59.5 Å². The zero-order valence-corrected chi connectivity index (χ0v) is 17.5. The number of benzene rings is 2. The van der Waals surface area contributed by atoms with Crippen LogP contribution in [0.1, 0.15) is 15.9 Å². The molecule has 9 nitrogen and oxygen atoms in total. The Balaban J connectivity index is 1.31. The fourth-order valence-corrected chi connectivity index (χ4v) is 4.04. The van der Waals surface area contributed by atoms with E-state index in [0.717, 1.165) is 11.3 Å². The summed E-state index contributed by atoms with van der Waals surface area (Å²) >= 11 is 0. The standard InChI is InChI=1S/C23H22N6O3/c1-15-5-4-6-16(13-15)25-23(32)28-11-9-27(10-12-28)22(31)18-14-24-29-19-8-3-2-7-17(19)21(30)26-20(18)29/h2-8,13-14H,9-12H2,1H3,(H,25,32)(H,26,30). The molecular weight excluding hydrogens is 408 g/mol. The molecule has 2 aromatic carbocycles. The minimum atomic E-state index is -0.264. The molecule has 5 rings (SSSR count). The molecule has 0 radical (unpaired) electrons. The quantitative estimate of drug-likeness (QED) is 0.510.